The number of carbonyl (C=O) groups is 1. The molecule has 21 heavy (non-hydrogen) atoms. The Morgan fingerprint density at radius 3 is 2.71 bits per heavy atom. The van der Waals surface area contributed by atoms with Gasteiger partial charge in [0.2, 0.25) is 0 Å². The zero-order valence-electron chi connectivity index (χ0n) is 13.6. The number of amides is 1. The molecule has 4 heteroatoms. The average molecular weight is 289 g/mol. The number of aromatic nitrogens is 1. The van der Waals surface area contributed by atoms with Crippen LogP contribution in [-0.4, -0.2) is 35.4 Å². The van der Waals surface area contributed by atoms with Crippen molar-refractivity contribution in [1.82, 2.24) is 9.88 Å². The van der Waals surface area contributed by atoms with Gasteiger partial charge in [-0.2, -0.15) is 0 Å². The molecule has 1 heterocycles. The second-order valence-electron chi connectivity index (χ2n) is 6.01. The van der Waals surface area contributed by atoms with Crippen LogP contribution in [0.1, 0.15) is 56.1 Å². The van der Waals surface area contributed by atoms with E-state index < -0.39 is 0 Å². The number of rotatable bonds is 7. The number of pyridine rings is 1. The number of hydrogen-bond donors (Lipinski definition) is 1. The normalized spacial score (nSPS) is 15.6. The monoisotopic (exact) mass is 289 g/mol. The van der Waals surface area contributed by atoms with Crippen molar-refractivity contribution in [2.75, 3.05) is 18.9 Å². The largest absolute Gasteiger partial charge is 0.370 e. The summed E-state index contributed by atoms with van der Waals surface area (Å²) in [4.78, 5) is 19.1. The van der Waals surface area contributed by atoms with Gasteiger partial charge in [-0.1, -0.05) is 13.8 Å². The van der Waals surface area contributed by atoms with E-state index in [-0.39, 0.29) is 5.91 Å². The molecule has 0 radical (unpaired) electrons. The van der Waals surface area contributed by atoms with E-state index in [1.165, 1.54) is 12.8 Å². The second-order valence-corrected chi connectivity index (χ2v) is 6.01. The van der Waals surface area contributed by atoms with Crippen LogP contribution in [0.4, 0.5) is 5.82 Å². The lowest BCUT2D eigenvalue weighted by molar-refractivity contribution is 0.0727. The summed E-state index contributed by atoms with van der Waals surface area (Å²) in [6.07, 6.45) is 4.38. The predicted molar refractivity (Wildman–Crippen MR) is 86.7 cm³/mol. The van der Waals surface area contributed by atoms with Gasteiger partial charge in [-0.15, -0.1) is 0 Å². The van der Waals surface area contributed by atoms with E-state index in [0.29, 0.717) is 12.0 Å². The molecule has 116 valence electrons. The highest BCUT2D eigenvalue weighted by atomic mass is 16.2. The fraction of sp³-hybridized carbons (Fsp3) is 0.647. The zero-order chi connectivity index (χ0) is 15.4. The number of nitrogens with one attached hydrogen (secondary N) is 1. The van der Waals surface area contributed by atoms with Gasteiger partial charge in [-0.25, -0.2) is 4.98 Å². The lowest BCUT2D eigenvalue weighted by Crippen LogP contribution is -2.36. The summed E-state index contributed by atoms with van der Waals surface area (Å²) in [6.45, 7) is 7.21. The van der Waals surface area contributed by atoms with E-state index in [1.807, 2.05) is 24.1 Å². The lowest BCUT2D eigenvalue weighted by atomic mass is 10.1. The standard InChI is InChI=1S/C17H27N3O/c1-5-9-18-16-11-14(10-15(6-2)19-16)17(21)20(4)12(3)13-7-8-13/h10-13H,5-9H2,1-4H3,(H,18,19). The molecule has 1 fully saturated rings. The van der Waals surface area contributed by atoms with Crippen LogP contribution in [0.2, 0.25) is 0 Å². The summed E-state index contributed by atoms with van der Waals surface area (Å²) in [5, 5.41) is 3.29. The molecule has 1 aliphatic rings. The van der Waals surface area contributed by atoms with Crippen LogP contribution < -0.4 is 5.32 Å². The van der Waals surface area contributed by atoms with Crippen LogP contribution in [0.5, 0.6) is 0 Å². The smallest absolute Gasteiger partial charge is 0.254 e. The molecule has 1 aromatic rings. The molecule has 1 aliphatic carbocycles. The van der Waals surface area contributed by atoms with Gasteiger partial charge in [0.05, 0.1) is 0 Å². The van der Waals surface area contributed by atoms with Crippen molar-refractivity contribution in [3.8, 4) is 0 Å². The van der Waals surface area contributed by atoms with Crippen molar-refractivity contribution in [2.45, 2.75) is 52.5 Å². The molecule has 1 atom stereocenters. The lowest BCUT2D eigenvalue weighted by Gasteiger charge is -2.25. The van der Waals surface area contributed by atoms with Gasteiger partial charge in [-0.05, 0) is 50.7 Å². The van der Waals surface area contributed by atoms with Crippen molar-refractivity contribution in [3.63, 3.8) is 0 Å². The van der Waals surface area contributed by atoms with Gasteiger partial charge < -0.3 is 10.2 Å². The highest BCUT2D eigenvalue weighted by Gasteiger charge is 2.32. The van der Waals surface area contributed by atoms with E-state index in [2.05, 4.69) is 31.1 Å². The average Bonchev–Trinajstić information content (AvgIpc) is 3.35. The molecule has 1 saturated carbocycles. The number of anilines is 1. The molecule has 1 amide bonds. The van der Waals surface area contributed by atoms with Crippen LogP contribution in [0.15, 0.2) is 12.1 Å². The highest BCUT2D eigenvalue weighted by molar-refractivity contribution is 5.95. The van der Waals surface area contributed by atoms with Crippen LogP contribution in [0.3, 0.4) is 0 Å². The van der Waals surface area contributed by atoms with Gasteiger partial charge >= 0.3 is 0 Å². The molecule has 1 aromatic heterocycles. The minimum absolute atomic E-state index is 0.103. The maximum Gasteiger partial charge on any atom is 0.254 e. The summed E-state index contributed by atoms with van der Waals surface area (Å²) in [6, 6.07) is 4.13. The number of nitrogens with zero attached hydrogens (tertiary/aromatic N) is 2. The molecular weight excluding hydrogens is 262 g/mol. The van der Waals surface area contributed by atoms with Gasteiger partial charge in [0.15, 0.2) is 0 Å². The Morgan fingerprint density at radius 1 is 1.43 bits per heavy atom. The van der Waals surface area contributed by atoms with E-state index in [4.69, 9.17) is 0 Å². The molecule has 0 spiro atoms. The summed E-state index contributed by atoms with van der Waals surface area (Å²) < 4.78 is 0. The predicted octanol–water partition coefficient (Wildman–Crippen LogP) is 3.34. The Balaban J connectivity index is 2.17. The van der Waals surface area contributed by atoms with Crippen molar-refractivity contribution >= 4 is 11.7 Å². The van der Waals surface area contributed by atoms with E-state index >= 15 is 0 Å². The molecule has 0 aliphatic heterocycles. The molecule has 0 saturated heterocycles. The van der Waals surface area contributed by atoms with Crippen LogP contribution >= 0.6 is 0 Å². The summed E-state index contributed by atoms with van der Waals surface area (Å²) in [5.74, 6) is 1.60. The van der Waals surface area contributed by atoms with Crippen molar-refractivity contribution in [1.29, 1.82) is 0 Å². The Bertz CT molecular complexity index is 497. The fourth-order valence-electron chi connectivity index (χ4n) is 2.52. The van der Waals surface area contributed by atoms with Crippen molar-refractivity contribution < 1.29 is 4.79 Å². The first-order valence-corrected chi connectivity index (χ1v) is 8.08. The molecular formula is C17H27N3O. The summed E-state index contributed by atoms with van der Waals surface area (Å²) in [5.41, 5.74) is 1.71. The topological polar surface area (TPSA) is 45.2 Å². The fourth-order valence-corrected chi connectivity index (χ4v) is 2.52. The molecule has 1 N–H and O–H groups in total. The maximum atomic E-state index is 12.7. The van der Waals surface area contributed by atoms with E-state index in [1.54, 1.807) is 0 Å². The van der Waals surface area contributed by atoms with Gasteiger partial charge in [0.25, 0.3) is 5.91 Å². The quantitative estimate of drug-likeness (QED) is 0.837. The van der Waals surface area contributed by atoms with Gasteiger partial charge in [0, 0.05) is 30.9 Å². The SMILES string of the molecule is CCCNc1cc(C(=O)N(C)C(C)C2CC2)cc(CC)n1. The van der Waals surface area contributed by atoms with Gasteiger partial charge in [-0.3, -0.25) is 4.79 Å². The van der Waals surface area contributed by atoms with Crippen molar-refractivity contribution in [2.24, 2.45) is 5.92 Å². The van der Waals surface area contributed by atoms with Crippen molar-refractivity contribution in [3.05, 3.63) is 23.4 Å². The van der Waals surface area contributed by atoms with Crippen LogP contribution in [0, 0.1) is 5.92 Å². The molecule has 2 rings (SSSR count). The highest BCUT2D eigenvalue weighted by Crippen LogP contribution is 2.35. The third-order valence-corrected chi connectivity index (χ3v) is 4.28. The molecule has 0 bridgehead atoms. The Labute approximate surface area is 127 Å². The van der Waals surface area contributed by atoms with Gasteiger partial charge in [0.1, 0.15) is 5.82 Å². The number of hydrogen-bond acceptors (Lipinski definition) is 3. The Morgan fingerprint density at radius 2 is 2.14 bits per heavy atom. The summed E-state index contributed by atoms with van der Waals surface area (Å²) in [7, 11) is 1.91. The molecule has 1 unspecified atom stereocenters. The van der Waals surface area contributed by atoms with E-state index in [0.717, 1.165) is 36.5 Å². The minimum atomic E-state index is 0.103. The Kier molecular flexibility index (Phi) is 5.21. The number of aryl methyl sites for hydroxylation is 1. The number of carbonyl (C=O) groups excluding carboxylic acids is 1. The third-order valence-electron chi connectivity index (χ3n) is 4.28. The first-order valence-electron chi connectivity index (χ1n) is 8.08. The Hall–Kier alpha value is -1.58. The third kappa shape index (κ3) is 3.96. The van der Waals surface area contributed by atoms with Crippen LogP contribution in [0.25, 0.3) is 0 Å². The maximum absolute atomic E-state index is 12.7. The second kappa shape index (κ2) is 6.92. The molecule has 4 nitrogen and oxygen atoms in total. The molecule has 0 aromatic carbocycles. The first kappa shape index (κ1) is 15.8. The summed E-state index contributed by atoms with van der Waals surface area (Å²) >= 11 is 0. The first-order chi connectivity index (χ1) is 10.1. The van der Waals surface area contributed by atoms with Crippen LogP contribution in [-0.2, 0) is 6.42 Å². The minimum Gasteiger partial charge on any atom is -0.370 e. The zero-order valence-corrected chi connectivity index (χ0v) is 13.6. The van der Waals surface area contributed by atoms with E-state index in [9.17, 15) is 4.79 Å².